The Bertz CT molecular complexity index is 465. The first-order chi connectivity index (χ1) is 8.52. The van der Waals surface area contributed by atoms with Gasteiger partial charge in [0.1, 0.15) is 5.75 Å². The maximum atomic E-state index is 11.2. The van der Waals surface area contributed by atoms with Crippen molar-refractivity contribution >= 4 is 5.97 Å². The number of benzene rings is 1. The third-order valence-corrected chi connectivity index (χ3v) is 4.01. The second kappa shape index (κ2) is 5.01. The molecule has 2 rings (SSSR count). The van der Waals surface area contributed by atoms with Crippen LogP contribution < -0.4 is 4.74 Å². The van der Waals surface area contributed by atoms with E-state index in [-0.39, 0.29) is 11.8 Å². The highest BCUT2D eigenvalue weighted by Crippen LogP contribution is 2.40. The molecule has 0 aromatic heterocycles. The number of hydrogen-bond acceptors (Lipinski definition) is 2. The molecule has 1 aromatic rings. The van der Waals surface area contributed by atoms with Crippen LogP contribution in [0.15, 0.2) is 12.1 Å². The van der Waals surface area contributed by atoms with E-state index in [9.17, 15) is 9.90 Å². The maximum Gasteiger partial charge on any atom is 0.306 e. The van der Waals surface area contributed by atoms with Gasteiger partial charge >= 0.3 is 5.97 Å². The lowest BCUT2D eigenvalue weighted by Crippen LogP contribution is -2.19. The Morgan fingerprint density at radius 2 is 2.17 bits per heavy atom. The molecule has 98 valence electrons. The third kappa shape index (κ3) is 2.22. The fraction of sp³-hybridized carbons (Fsp3) is 0.533. The molecule has 1 aliphatic rings. The van der Waals surface area contributed by atoms with Gasteiger partial charge in [-0.25, -0.2) is 0 Å². The van der Waals surface area contributed by atoms with Crippen LogP contribution in [0.2, 0.25) is 0 Å². The lowest BCUT2D eigenvalue weighted by atomic mass is 9.82. The highest BCUT2D eigenvalue weighted by Gasteiger charge is 2.29. The summed E-state index contributed by atoms with van der Waals surface area (Å²) in [7, 11) is 0. The largest absolute Gasteiger partial charge is 0.493 e. The number of hydrogen-bond donors (Lipinski definition) is 1. The van der Waals surface area contributed by atoms with E-state index in [0.717, 1.165) is 29.7 Å². The summed E-state index contributed by atoms with van der Waals surface area (Å²) < 4.78 is 5.83. The topological polar surface area (TPSA) is 46.5 Å². The number of carboxylic acids is 1. The van der Waals surface area contributed by atoms with Gasteiger partial charge in [0, 0.05) is 5.92 Å². The Hall–Kier alpha value is -1.51. The van der Waals surface area contributed by atoms with Gasteiger partial charge in [-0.15, -0.1) is 0 Å². The fourth-order valence-corrected chi connectivity index (χ4v) is 2.62. The average molecular weight is 248 g/mol. The summed E-state index contributed by atoms with van der Waals surface area (Å²) in [5.41, 5.74) is 3.39. The molecule has 1 N–H and O–H groups in total. The molecule has 1 aromatic carbocycles. The Morgan fingerprint density at radius 1 is 1.44 bits per heavy atom. The summed E-state index contributed by atoms with van der Waals surface area (Å²) in [6, 6.07) is 4.09. The van der Waals surface area contributed by atoms with E-state index in [0.29, 0.717) is 6.61 Å². The van der Waals surface area contributed by atoms with E-state index < -0.39 is 5.97 Å². The summed E-state index contributed by atoms with van der Waals surface area (Å²) >= 11 is 0. The van der Waals surface area contributed by atoms with E-state index in [1.165, 1.54) is 5.56 Å². The van der Waals surface area contributed by atoms with E-state index in [4.69, 9.17) is 4.74 Å². The van der Waals surface area contributed by atoms with Gasteiger partial charge in [0.15, 0.2) is 0 Å². The molecule has 0 aliphatic carbocycles. The van der Waals surface area contributed by atoms with Gasteiger partial charge in [-0.3, -0.25) is 4.79 Å². The quantitative estimate of drug-likeness (QED) is 0.873. The van der Waals surface area contributed by atoms with Crippen LogP contribution in [0, 0.1) is 19.8 Å². The smallest absolute Gasteiger partial charge is 0.306 e. The molecule has 3 heteroatoms. The minimum Gasteiger partial charge on any atom is -0.493 e. The zero-order chi connectivity index (χ0) is 13.3. The summed E-state index contributed by atoms with van der Waals surface area (Å²) in [5, 5.41) is 9.23. The molecule has 0 saturated carbocycles. The Labute approximate surface area is 108 Å². The number of aliphatic carboxylic acids is 1. The number of carboxylic acid groups (broad SMARTS) is 1. The van der Waals surface area contributed by atoms with Gasteiger partial charge in [-0.1, -0.05) is 19.1 Å². The molecule has 2 unspecified atom stereocenters. The first-order valence-corrected chi connectivity index (χ1v) is 6.48. The zero-order valence-corrected chi connectivity index (χ0v) is 11.2. The molecule has 2 atom stereocenters. The number of aryl methyl sites for hydroxylation is 1. The molecular weight excluding hydrogens is 228 g/mol. The summed E-state index contributed by atoms with van der Waals surface area (Å²) in [5.74, 6) is -0.136. The van der Waals surface area contributed by atoms with Crippen LogP contribution in [0.25, 0.3) is 0 Å². The Balaban J connectivity index is 2.48. The van der Waals surface area contributed by atoms with Crippen molar-refractivity contribution in [3.05, 3.63) is 28.8 Å². The molecule has 0 radical (unpaired) electrons. The van der Waals surface area contributed by atoms with Gasteiger partial charge in [0.2, 0.25) is 0 Å². The minimum absolute atomic E-state index is 0.0549. The van der Waals surface area contributed by atoms with E-state index in [1.54, 1.807) is 6.92 Å². The number of rotatable bonds is 2. The summed E-state index contributed by atoms with van der Waals surface area (Å²) in [4.78, 5) is 11.2. The molecule has 3 nitrogen and oxygen atoms in total. The first kappa shape index (κ1) is 12.9. The van der Waals surface area contributed by atoms with Gasteiger partial charge in [0.05, 0.1) is 12.5 Å². The highest BCUT2D eigenvalue weighted by molar-refractivity contribution is 5.71. The fourth-order valence-electron chi connectivity index (χ4n) is 2.62. The van der Waals surface area contributed by atoms with E-state index in [1.807, 2.05) is 13.0 Å². The van der Waals surface area contributed by atoms with Crippen molar-refractivity contribution in [1.29, 1.82) is 0 Å². The second-order valence-electron chi connectivity index (χ2n) is 5.15. The van der Waals surface area contributed by atoms with Crippen LogP contribution >= 0.6 is 0 Å². The molecule has 0 amide bonds. The van der Waals surface area contributed by atoms with Crippen molar-refractivity contribution in [2.75, 3.05) is 6.61 Å². The molecule has 1 aliphatic heterocycles. The van der Waals surface area contributed by atoms with Gasteiger partial charge < -0.3 is 9.84 Å². The first-order valence-electron chi connectivity index (χ1n) is 6.48. The van der Waals surface area contributed by atoms with Crippen LogP contribution in [0.5, 0.6) is 5.75 Å². The average Bonchev–Trinajstić information content (AvgIpc) is 2.55. The molecule has 0 fully saturated rings. The monoisotopic (exact) mass is 248 g/mol. The summed E-state index contributed by atoms with van der Waals surface area (Å²) in [6.07, 6.45) is 1.79. The summed E-state index contributed by atoms with van der Waals surface area (Å²) in [6.45, 7) is 6.57. The van der Waals surface area contributed by atoms with E-state index >= 15 is 0 Å². The van der Waals surface area contributed by atoms with Crippen molar-refractivity contribution in [3.8, 4) is 5.75 Å². The van der Waals surface area contributed by atoms with Crippen LogP contribution in [0.3, 0.4) is 0 Å². The Morgan fingerprint density at radius 3 is 2.83 bits per heavy atom. The lowest BCUT2D eigenvalue weighted by molar-refractivity contribution is -0.141. The maximum absolute atomic E-state index is 11.2. The number of ether oxygens (including phenoxy) is 1. The van der Waals surface area contributed by atoms with Crippen LogP contribution in [-0.2, 0) is 4.79 Å². The Kier molecular flexibility index (Phi) is 3.60. The van der Waals surface area contributed by atoms with Crippen molar-refractivity contribution < 1.29 is 14.6 Å². The molecule has 0 saturated heterocycles. The number of carbonyl (C=O) groups is 1. The predicted molar refractivity (Wildman–Crippen MR) is 70.2 cm³/mol. The van der Waals surface area contributed by atoms with Crippen LogP contribution in [0.4, 0.5) is 0 Å². The van der Waals surface area contributed by atoms with Crippen molar-refractivity contribution in [3.63, 3.8) is 0 Å². The minimum atomic E-state index is -0.730. The zero-order valence-electron chi connectivity index (χ0n) is 11.2. The normalized spacial score (nSPS) is 20.5. The third-order valence-electron chi connectivity index (χ3n) is 4.01. The van der Waals surface area contributed by atoms with Crippen LogP contribution in [-0.4, -0.2) is 17.7 Å². The van der Waals surface area contributed by atoms with Gasteiger partial charge in [-0.05, 0) is 43.4 Å². The van der Waals surface area contributed by atoms with Crippen molar-refractivity contribution in [1.82, 2.24) is 0 Å². The SMILES string of the molecule is Cc1ccc2c(c1C)OCCCC2C(C)C(=O)O. The molecule has 1 heterocycles. The molecule has 18 heavy (non-hydrogen) atoms. The molecule has 0 bridgehead atoms. The number of fused-ring (bicyclic) bond motifs is 1. The van der Waals surface area contributed by atoms with Gasteiger partial charge in [-0.2, -0.15) is 0 Å². The lowest BCUT2D eigenvalue weighted by Gasteiger charge is -2.22. The highest BCUT2D eigenvalue weighted by atomic mass is 16.5. The second-order valence-corrected chi connectivity index (χ2v) is 5.15. The van der Waals surface area contributed by atoms with Gasteiger partial charge in [0.25, 0.3) is 0 Å². The molecular formula is C15H20O3. The van der Waals surface area contributed by atoms with E-state index in [2.05, 4.69) is 13.0 Å². The standard InChI is InChI=1S/C15H20O3/c1-9-6-7-13-12(11(3)15(16)17)5-4-8-18-14(13)10(9)2/h6-7,11-12H,4-5,8H2,1-3H3,(H,16,17). The predicted octanol–water partition coefficient (Wildman–Crippen LogP) is 3.28. The van der Waals surface area contributed by atoms with Crippen molar-refractivity contribution in [2.45, 2.75) is 39.5 Å². The molecule has 0 spiro atoms. The van der Waals surface area contributed by atoms with Crippen molar-refractivity contribution in [2.24, 2.45) is 5.92 Å². The van der Waals surface area contributed by atoms with Crippen LogP contribution in [0.1, 0.15) is 42.4 Å².